The number of carbonyl (C=O) groups is 1. The lowest BCUT2D eigenvalue weighted by Gasteiger charge is -2.21. The molecule has 0 bridgehead atoms. The Morgan fingerprint density at radius 1 is 1.14 bits per heavy atom. The van der Waals surface area contributed by atoms with Crippen LogP contribution >= 0.6 is 22.9 Å². The topological polar surface area (TPSA) is 62.5 Å². The van der Waals surface area contributed by atoms with Gasteiger partial charge in [-0.3, -0.25) is 9.69 Å². The Labute approximate surface area is 172 Å². The van der Waals surface area contributed by atoms with Crippen molar-refractivity contribution in [1.29, 1.82) is 0 Å². The van der Waals surface area contributed by atoms with Crippen LogP contribution in [-0.2, 0) is 17.8 Å². The highest BCUT2D eigenvalue weighted by Crippen LogP contribution is 2.19. The minimum absolute atomic E-state index is 0.201. The number of amides is 1. The highest BCUT2D eigenvalue weighted by Gasteiger charge is 2.21. The summed E-state index contributed by atoms with van der Waals surface area (Å²) < 4.78 is 5.42. The van der Waals surface area contributed by atoms with E-state index in [-0.39, 0.29) is 5.91 Å². The molecule has 0 N–H and O–H groups in total. The van der Waals surface area contributed by atoms with Gasteiger partial charge in [-0.25, -0.2) is 0 Å². The predicted octanol–water partition coefficient (Wildman–Crippen LogP) is 3.73. The Hall–Kier alpha value is -2.22. The summed E-state index contributed by atoms with van der Waals surface area (Å²) >= 11 is 7.55. The average molecular weight is 417 g/mol. The van der Waals surface area contributed by atoms with Gasteiger partial charge in [-0.1, -0.05) is 22.8 Å². The van der Waals surface area contributed by atoms with Gasteiger partial charge in [-0.15, -0.1) is 11.3 Å². The van der Waals surface area contributed by atoms with Crippen molar-refractivity contribution in [2.24, 2.45) is 0 Å². The van der Waals surface area contributed by atoms with E-state index in [9.17, 15) is 4.79 Å². The van der Waals surface area contributed by atoms with Crippen molar-refractivity contribution < 1.29 is 9.32 Å². The fourth-order valence-corrected chi connectivity index (χ4v) is 4.10. The third kappa shape index (κ3) is 4.79. The third-order valence-corrected chi connectivity index (χ3v) is 5.90. The van der Waals surface area contributed by atoms with Crippen molar-refractivity contribution in [3.8, 4) is 11.4 Å². The number of carbonyl (C=O) groups excluding carboxylic acids is 1. The second-order valence-electron chi connectivity index (χ2n) is 6.79. The van der Waals surface area contributed by atoms with Gasteiger partial charge in [0.1, 0.15) is 0 Å². The van der Waals surface area contributed by atoms with E-state index in [4.69, 9.17) is 16.1 Å². The first-order chi connectivity index (χ1) is 13.7. The number of benzene rings is 1. The molecule has 1 amide bonds. The van der Waals surface area contributed by atoms with Gasteiger partial charge < -0.3 is 9.42 Å². The summed E-state index contributed by atoms with van der Waals surface area (Å²) in [7, 11) is 0. The molecule has 146 valence electrons. The largest absolute Gasteiger partial charge is 0.341 e. The zero-order valence-electron chi connectivity index (χ0n) is 15.4. The zero-order chi connectivity index (χ0) is 19.3. The van der Waals surface area contributed by atoms with Crippen LogP contribution in [0, 0.1) is 0 Å². The second-order valence-corrected chi connectivity index (χ2v) is 8.25. The molecule has 0 atom stereocenters. The number of hydrogen-bond donors (Lipinski definition) is 0. The molecule has 0 saturated carbocycles. The highest BCUT2D eigenvalue weighted by molar-refractivity contribution is 7.10. The van der Waals surface area contributed by atoms with Crippen LogP contribution in [0.15, 0.2) is 46.3 Å². The molecule has 6 nitrogen and oxygen atoms in total. The minimum atomic E-state index is 0.201. The summed E-state index contributed by atoms with van der Waals surface area (Å²) in [6, 6.07) is 11.4. The maximum Gasteiger partial charge on any atom is 0.241 e. The van der Waals surface area contributed by atoms with E-state index in [1.54, 1.807) is 11.3 Å². The SMILES string of the molecule is O=C(Cc1cccs1)N1CCCN(Cc2nc(-c3ccc(Cl)cc3)no2)CC1. The van der Waals surface area contributed by atoms with Gasteiger partial charge in [0, 0.05) is 41.6 Å². The Morgan fingerprint density at radius 2 is 2.00 bits per heavy atom. The average Bonchev–Trinajstić information content (AvgIpc) is 3.31. The van der Waals surface area contributed by atoms with Crippen LogP contribution in [0.4, 0.5) is 0 Å². The predicted molar refractivity (Wildman–Crippen MR) is 109 cm³/mol. The van der Waals surface area contributed by atoms with Crippen LogP contribution in [-0.4, -0.2) is 52.0 Å². The summed E-state index contributed by atoms with van der Waals surface area (Å²) in [4.78, 5) is 22.4. The van der Waals surface area contributed by atoms with Gasteiger partial charge in [-0.2, -0.15) is 4.98 Å². The summed E-state index contributed by atoms with van der Waals surface area (Å²) in [5.41, 5.74) is 0.876. The molecule has 3 heterocycles. The minimum Gasteiger partial charge on any atom is -0.341 e. The molecule has 4 rings (SSSR count). The van der Waals surface area contributed by atoms with Crippen LogP contribution in [0.3, 0.4) is 0 Å². The number of aromatic nitrogens is 2. The van der Waals surface area contributed by atoms with Crippen molar-refractivity contribution >= 4 is 28.8 Å². The standard InChI is InChI=1S/C20H21ClN4O2S/c21-16-6-4-15(5-7-16)20-22-18(27-23-20)14-24-8-2-9-25(11-10-24)19(26)13-17-3-1-12-28-17/h1,3-7,12H,2,8-11,13-14H2. The van der Waals surface area contributed by atoms with E-state index >= 15 is 0 Å². The Bertz CT molecular complexity index is 911. The normalized spacial score (nSPS) is 15.5. The molecule has 1 aliphatic heterocycles. The first-order valence-electron chi connectivity index (χ1n) is 9.28. The molecule has 1 saturated heterocycles. The lowest BCUT2D eigenvalue weighted by atomic mass is 10.2. The van der Waals surface area contributed by atoms with Gasteiger partial charge in [0.05, 0.1) is 13.0 Å². The Balaban J connectivity index is 1.32. The number of halogens is 1. The lowest BCUT2D eigenvalue weighted by molar-refractivity contribution is -0.130. The molecule has 2 aromatic heterocycles. The van der Waals surface area contributed by atoms with Crippen molar-refractivity contribution in [3.05, 3.63) is 57.6 Å². The molecule has 3 aromatic rings. The highest BCUT2D eigenvalue weighted by atomic mass is 35.5. The fraction of sp³-hybridized carbons (Fsp3) is 0.350. The van der Waals surface area contributed by atoms with E-state index in [1.807, 2.05) is 46.7 Å². The summed E-state index contributed by atoms with van der Waals surface area (Å²) in [6.45, 7) is 3.81. The van der Waals surface area contributed by atoms with Crippen LogP contribution in [0.2, 0.25) is 5.02 Å². The van der Waals surface area contributed by atoms with Crippen molar-refractivity contribution in [2.45, 2.75) is 19.4 Å². The maximum absolute atomic E-state index is 12.5. The van der Waals surface area contributed by atoms with E-state index in [2.05, 4.69) is 15.0 Å². The maximum atomic E-state index is 12.5. The zero-order valence-corrected chi connectivity index (χ0v) is 17.0. The van der Waals surface area contributed by atoms with Crippen molar-refractivity contribution in [2.75, 3.05) is 26.2 Å². The Kier molecular flexibility index (Phi) is 6.04. The molecular formula is C20H21ClN4O2S. The van der Waals surface area contributed by atoms with Crippen molar-refractivity contribution in [3.63, 3.8) is 0 Å². The van der Waals surface area contributed by atoms with Crippen LogP contribution in [0.1, 0.15) is 17.2 Å². The molecule has 1 aliphatic rings. The van der Waals surface area contributed by atoms with E-state index in [0.29, 0.717) is 29.7 Å². The van der Waals surface area contributed by atoms with Gasteiger partial charge in [0.2, 0.25) is 17.6 Å². The van der Waals surface area contributed by atoms with Crippen LogP contribution in [0.25, 0.3) is 11.4 Å². The molecule has 8 heteroatoms. The molecule has 0 radical (unpaired) electrons. The quantitative estimate of drug-likeness (QED) is 0.634. The summed E-state index contributed by atoms with van der Waals surface area (Å²) in [6.07, 6.45) is 1.43. The van der Waals surface area contributed by atoms with Gasteiger partial charge >= 0.3 is 0 Å². The molecular weight excluding hydrogens is 396 g/mol. The molecule has 1 fully saturated rings. The van der Waals surface area contributed by atoms with E-state index in [0.717, 1.165) is 43.0 Å². The van der Waals surface area contributed by atoms with Gasteiger partial charge in [-0.05, 0) is 42.1 Å². The first kappa shape index (κ1) is 19.1. The number of rotatable bonds is 5. The van der Waals surface area contributed by atoms with Crippen molar-refractivity contribution in [1.82, 2.24) is 19.9 Å². The molecule has 0 aliphatic carbocycles. The lowest BCUT2D eigenvalue weighted by Crippen LogP contribution is -2.35. The third-order valence-electron chi connectivity index (χ3n) is 4.78. The molecule has 0 spiro atoms. The smallest absolute Gasteiger partial charge is 0.241 e. The summed E-state index contributed by atoms with van der Waals surface area (Å²) in [5, 5.41) is 6.76. The van der Waals surface area contributed by atoms with Crippen LogP contribution < -0.4 is 0 Å². The number of nitrogens with zero attached hydrogens (tertiary/aromatic N) is 4. The van der Waals surface area contributed by atoms with Gasteiger partial charge in [0.15, 0.2) is 0 Å². The van der Waals surface area contributed by atoms with Crippen LogP contribution in [0.5, 0.6) is 0 Å². The molecule has 0 unspecified atom stereocenters. The van der Waals surface area contributed by atoms with E-state index in [1.165, 1.54) is 0 Å². The molecule has 28 heavy (non-hydrogen) atoms. The molecule has 1 aromatic carbocycles. The number of thiophene rings is 1. The Morgan fingerprint density at radius 3 is 2.79 bits per heavy atom. The summed E-state index contributed by atoms with van der Waals surface area (Å²) in [5.74, 6) is 1.35. The van der Waals surface area contributed by atoms with E-state index < -0.39 is 0 Å². The first-order valence-corrected chi connectivity index (χ1v) is 10.5. The monoisotopic (exact) mass is 416 g/mol. The number of hydrogen-bond acceptors (Lipinski definition) is 6. The van der Waals surface area contributed by atoms with Gasteiger partial charge in [0.25, 0.3) is 0 Å². The second kappa shape index (κ2) is 8.86. The fourth-order valence-electron chi connectivity index (χ4n) is 3.28.